The number of hydrogen-bond acceptors (Lipinski definition) is 3. The Balaban J connectivity index is 1.89. The average Bonchev–Trinajstić information content (AvgIpc) is 3.08. The summed E-state index contributed by atoms with van der Waals surface area (Å²) in [4.78, 5) is 7.19. The maximum atomic E-state index is 5.49. The van der Waals surface area contributed by atoms with Crippen molar-refractivity contribution >= 4 is 11.6 Å². The van der Waals surface area contributed by atoms with Gasteiger partial charge in [0.15, 0.2) is 5.96 Å². The van der Waals surface area contributed by atoms with Gasteiger partial charge in [0, 0.05) is 32.7 Å². The molecule has 0 amide bonds. The first kappa shape index (κ1) is 18.4. The van der Waals surface area contributed by atoms with Crippen LogP contribution in [0.2, 0.25) is 0 Å². The monoisotopic (exact) mass is 332 g/mol. The number of rotatable bonds is 8. The van der Waals surface area contributed by atoms with Crippen LogP contribution in [0.4, 0.5) is 5.69 Å². The Morgan fingerprint density at radius 1 is 1.29 bits per heavy atom. The van der Waals surface area contributed by atoms with Crippen molar-refractivity contribution in [1.29, 1.82) is 0 Å². The average molecular weight is 332 g/mol. The zero-order chi connectivity index (χ0) is 17.2. The zero-order valence-electron chi connectivity index (χ0n) is 15.3. The van der Waals surface area contributed by atoms with Gasteiger partial charge in [-0.25, -0.2) is 0 Å². The molecule has 0 aromatic heterocycles. The number of para-hydroxylation sites is 2. The lowest BCUT2D eigenvalue weighted by atomic mass is 10.1. The molecule has 2 rings (SSSR count). The minimum atomic E-state index is 0.594. The summed E-state index contributed by atoms with van der Waals surface area (Å²) in [5, 5.41) is 6.74. The second kappa shape index (κ2) is 10.1. The Morgan fingerprint density at radius 2 is 2.12 bits per heavy atom. The molecule has 1 aromatic rings. The van der Waals surface area contributed by atoms with Crippen LogP contribution < -0.4 is 20.3 Å². The van der Waals surface area contributed by atoms with E-state index in [0.29, 0.717) is 5.92 Å². The first-order valence-corrected chi connectivity index (χ1v) is 9.18. The number of aliphatic imine (C=N–C) groups is 1. The maximum absolute atomic E-state index is 5.49. The van der Waals surface area contributed by atoms with E-state index in [1.165, 1.54) is 24.9 Å². The van der Waals surface area contributed by atoms with Gasteiger partial charge in [0.05, 0.1) is 12.8 Å². The van der Waals surface area contributed by atoms with Crippen molar-refractivity contribution in [2.24, 2.45) is 10.9 Å². The SMILES string of the molecule is CCCCNC(=NCC1CCN(c2ccccc2OC)C1)NCC. The molecule has 0 spiro atoms. The number of unbranched alkanes of at least 4 members (excludes halogenated alkanes) is 1. The summed E-state index contributed by atoms with van der Waals surface area (Å²) in [5.41, 5.74) is 1.19. The minimum absolute atomic E-state index is 0.594. The van der Waals surface area contributed by atoms with Crippen molar-refractivity contribution in [2.75, 3.05) is 44.7 Å². The third kappa shape index (κ3) is 5.32. The van der Waals surface area contributed by atoms with Crippen LogP contribution in [0.5, 0.6) is 5.75 Å². The van der Waals surface area contributed by atoms with Crippen molar-refractivity contribution in [3.8, 4) is 5.75 Å². The second-order valence-corrected chi connectivity index (χ2v) is 6.27. The first-order valence-electron chi connectivity index (χ1n) is 9.18. The van der Waals surface area contributed by atoms with Crippen LogP contribution in [-0.2, 0) is 0 Å². The van der Waals surface area contributed by atoms with Crippen LogP contribution in [0.15, 0.2) is 29.3 Å². The molecule has 1 aromatic carbocycles. The maximum Gasteiger partial charge on any atom is 0.191 e. The lowest BCUT2D eigenvalue weighted by Crippen LogP contribution is -2.38. The molecule has 0 bridgehead atoms. The minimum Gasteiger partial charge on any atom is -0.495 e. The largest absolute Gasteiger partial charge is 0.495 e. The summed E-state index contributed by atoms with van der Waals surface area (Å²) >= 11 is 0. The molecule has 5 nitrogen and oxygen atoms in total. The molecule has 0 aliphatic carbocycles. The molecule has 1 saturated heterocycles. The zero-order valence-corrected chi connectivity index (χ0v) is 15.3. The van der Waals surface area contributed by atoms with Gasteiger partial charge in [0.1, 0.15) is 5.75 Å². The van der Waals surface area contributed by atoms with Crippen molar-refractivity contribution in [3.63, 3.8) is 0 Å². The van der Waals surface area contributed by atoms with Gasteiger partial charge in [-0.05, 0) is 37.8 Å². The van der Waals surface area contributed by atoms with Crippen LogP contribution >= 0.6 is 0 Å². The number of nitrogens with one attached hydrogen (secondary N) is 2. The molecule has 1 unspecified atom stereocenters. The Morgan fingerprint density at radius 3 is 2.88 bits per heavy atom. The van der Waals surface area contributed by atoms with Crippen molar-refractivity contribution < 1.29 is 4.74 Å². The van der Waals surface area contributed by atoms with E-state index < -0.39 is 0 Å². The van der Waals surface area contributed by atoms with E-state index in [9.17, 15) is 0 Å². The van der Waals surface area contributed by atoms with Gasteiger partial charge < -0.3 is 20.3 Å². The highest BCUT2D eigenvalue weighted by Crippen LogP contribution is 2.31. The molecule has 1 atom stereocenters. The van der Waals surface area contributed by atoms with Gasteiger partial charge >= 0.3 is 0 Å². The predicted octanol–water partition coefficient (Wildman–Crippen LogP) is 2.88. The second-order valence-electron chi connectivity index (χ2n) is 6.27. The van der Waals surface area contributed by atoms with E-state index in [0.717, 1.165) is 44.4 Å². The van der Waals surface area contributed by atoms with Gasteiger partial charge in [-0.2, -0.15) is 0 Å². The Bertz CT molecular complexity index is 518. The molecular weight excluding hydrogens is 300 g/mol. The first-order chi connectivity index (χ1) is 11.8. The van der Waals surface area contributed by atoms with E-state index in [1.807, 2.05) is 12.1 Å². The molecule has 24 heavy (non-hydrogen) atoms. The fourth-order valence-electron chi connectivity index (χ4n) is 3.04. The number of nitrogens with zero attached hydrogens (tertiary/aromatic N) is 2. The fraction of sp³-hybridized carbons (Fsp3) is 0.632. The number of anilines is 1. The molecule has 1 aliphatic rings. The van der Waals surface area contributed by atoms with E-state index in [-0.39, 0.29) is 0 Å². The number of benzene rings is 1. The number of ether oxygens (including phenoxy) is 1. The summed E-state index contributed by atoms with van der Waals surface area (Å²) in [7, 11) is 1.74. The normalized spacial score (nSPS) is 17.9. The number of methoxy groups -OCH3 is 1. The summed E-state index contributed by atoms with van der Waals surface area (Å²) < 4.78 is 5.49. The van der Waals surface area contributed by atoms with Crippen LogP contribution in [0.3, 0.4) is 0 Å². The van der Waals surface area contributed by atoms with Crippen LogP contribution in [0, 0.1) is 5.92 Å². The Hall–Kier alpha value is -1.91. The summed E-state index contributed by atoms with van der Waals surface area (Å²) in [5.74, 6) is 2.49. The topological polar surface area (TPSA) is 48.9 Å². The van der Waals surface area contributed by atoms with E-state index >= 15 is 0 Å². The molecule has 2 N–H and O–H groups in total. The molecule has 1 fully saturated rings. The molecule has 0 saturated carbocycles. The predicted molar refractivity (Wildman–Crippen MR) is 102 cm³/mol. The quantitative estimate of drug-likeness (QED) is 0.437. The van der Waals surface area contributed by atoms with Crippen LogP contribution in [0.25, 0.3) is 0 Å². The van der Waals surface area contributed by atoms with Crippen molar-refractivity contribution in [3.05, 3.63) is 24.3 Å². The van der Waals surface area contributed by atoms with Gasteiger partial charge in [0.2, 0.25) is 0 Å². The van der Waals surface area contributed by atoms with E-state index in [4.69, 9.17) is 9.73 Å². The Labute approximate surface area is 146 Å². The van der Waals surface area contributed by atoms with Crippen molar-refractivity contribution in [2.45, 2.75) is 33.1 Å². The molecule has 0 radical (unpaired) electrons. The van der Waals surface area contributed by atoms with Crippen LogP contribution in [-0.4, -0.2) is 45.8 Å². The van der Waals surface area contributed by atoms with Crippen LogP contribution in [0.1, 0.15) is 33.1 Å². The lowest BCUT2D eigenvalue weighted by Gasteiger charge is -2.21. The van der Waals surface area contributed by atoms with Gasteiger partial charge in [0.25, 0.3) is 0 Å². The highest BCUT2D eigenvalue weighted by molar-refractivity contribution is 5.79. The highest BCUT2D eigenvalue weighted by Gasteiger charge is 2.24. The van der Waals surface area contributed by atoms with Crippen molar-refractivity contribution in [1.82, 2.24) is 10.6 Å². The third-order valence-electron chi connectivity index (χ3n) is 4.39. The molecule has 134 valence electrons. The number of hydrogen-bond donors (Lipinski definition) is 2. The van der Waals surface area contributed by atoms with E-state index in [2.05, 4.69) is 41.5 Å². The van der Waals surface area contributed by atoms with Gasteiger partial charge in [-0.3, -0.25) is 4.99 Å². The smallest absolute Gasteiger partial charge is 0.191 e. The number of guanidine groups is 1. The molecule has 1 aliphatic heterocycles. The Kier molecular flexibility index (Phi) is 7.72. The molecule has 1 heterocycles. The summed E-state index contributed by atoms with van der Waals surface area (Å²) in [6, 6.07) is 8.26. The standard InChI is InChI=1S/C19H32N4O/c1-4-6-12-21-19(20-5-2)22-14-16-11-13-23(15-16)17-9-7-8-10-18(17)24-3/h7-10,16H,4-6,11-15H2,1-3H3,(H2,20,21,22). The third-order valence-corrected chi connectivity index (χ3v) is 4.39. The fourth-order valence-corrected chi connectivity index (χ4v) is 3.04. The summed E-state index contributed by atoms with van der Waals surface area (Å²) in [6.45, 7) is 9.18. The lowest BCUT2D eigenvalue weighted by molar-refractivity contribution is 0.414. The van der Waals surface area contributed by atoms with E-state index in [1.54, 1.807) is 7.11 Å². The summed E-state index contributed by atoms with van der Waals surface area (Å²) in [6.07, 6.45) is 3.55. The molecule has 5 heteroatoms. The highest BCUT2D eigenvalue weighted by atomic mass is 16.5. The molecular formula is C19H32N4O. The van der Waals surface area contributed by atoms with Gasteiger partial charge in [-0.15, -0.1) is 0 Å². The van der Waals surface area contributed by atoms with Gasteiger partial charge in [-0.1, -0.05) is 25.5 Å².